The summed E-state index contributed by atoms with van der Waals surface area (Å²) in [4.78, 5) is 0. The molecule has 0 aliphatic heterocycles. The zero-order chi connectivity index (χ0) is 10.4. The van der Waals surface area contributed by atoms with Crippen molar-refractivity contribution in [2.75, 3.05) is 5.73 Å². The standard InChI is InChI=1S/C11H18BNO/c1-2-3-4-5-9-8-10(12-14)6-7-11(9)13/h6-8,12,14H,2-5,13H2,1H3. The molecule has 0 saturated carbocycles. The van der Waals surface area contributed by atoms with Gasteiger partial charge >= 0.3 is 7.48 Å². The highest BCUT2D eigenvalue weighted by Gasteiger charge is 2.01. The van der Waals surface area contributed by atoms with Gasteiger partial charge in [0.05, 0.1) is 0 Å². The predicted octanol–water partition coefficient (Wildman–Crippen LogP) is 0.971. The summed E-state index contributed by atoms with van der Waals surface area (Å²) in [6.45, 7) is 2.19. The maximum Gasteiger partial charge on any atom is 0.304 e. The Bertz CT molecular complexity index is 289. The molecule has 2 nitrogen and oxygen atoms in total. The van der Waals surface area contributed by atoms with Crippen molar-refractivity contribution < 1.29 is 5.02 Å². The highest BCUT2D eigenvalue weighted by molar-refractivity contribution is 6.45. The summed E-state index contributed by atoms with van der Waals surface area (Å²) in [5.41, 5.74) is 8.81. The molecule has 3 heteroatoms. The fourth-order valence-corrected chi connectivity index (χ4v) is 1.54. The SMILES string of the molecule is CCCCCc1cc(BO)ccc1N. The molecule has 0 fully saturated rings. The van der Waals surface area contributed by atoms with Crippen LogP contribution in [0.5, 0.6) is 0 Å². The van der Waals surface area contributed by atoms with E-state index in [1.807, 2.05) is 18.2 Å². The van der Waals surface area contributed by atoms with E-state index in [0.717, 1.165) is 17.6 Å². The zero-order valence-electron chi connectivity index (χ0n) is 8.79. The minimum Gasteiger partial charge on any atom is -0.449 e. The van der Waals surface area contributed by atoms with E-state index in [2.05, 4.69) is 6.92 Å². The number of unbranched alkanes of at least 4 members (excludes halogenated alkanes) is 2. The second-order valence-corrected chi connectivity index (χ2v) is 3.65. The molecule has 0 aliphatic carbocycles. The van der Waals surface area contributed by atoms with Crippen molar-refractivity contribution in [3.63, 3.8) is 0 Å². The minimum absolute atomic E-state index is 0.0983. The van der Waals surface area contributed by atoms with E-state index in [1.54, 1.807) is 0 Å². The third kappa shape index (κ3) is 3.07. The molecule has 0 heterocycles. The molecule has 0 radical (unpaired) electrons. The summed E-state index contributed by atoms with van der Waals surface area (Å²) >= 11 is 0. The maximum absolute atomic E-state index is 8.98. The minimum atomic E-state index is 0.0983. The summed E-state index contributed by atoms with van der Waals surface area (Å²) in [7, 11) is 0.0983. The number of nitrogen functional groups attached to an aromatic ring is 1. The Labute approximate surface area is 86.4 Å². The van der Waals surface area contributed by atoms with Crippen LogP contribution < -0.4 is 11.2 Å². The molecule has 14 heavy (non-hydrogen) atoms. The average molecular weight is 191 g/mol. The lowest BCUT2D eigenvalue weighted by Gasteiger charge is -2.06. The number of aryl methyl sites for hydroxylation is 1. The third-order valence-corrected chi connectivity index (χ3v) is 2.44. The van der Waals surface area contributed by atoms with E-state index in [9.17, 15) is 0 Å². The topological polar surface area (TPSA) is 46.2 Å². The summed E-state index contributed by atoms with van der Waals surface area (Å²) in [6.07, 6.45) is 4.66. The zero-order valence-corrected chi connectivity index (χ0v) is 8.79. The van der Waals surface area contributed by atoms with E-state index >= 15 is 0 Å². The average Bonchev–Trinajstić information content (AvgIpc) is 2.21. The van der Waals surface area contributed by atoms with Gasteiger partial charge in [0.1, 0.15) is 0 Å². The van der Waals surface area contributed by atoms with Gasteiger partial charge in [0.25, 0.3) is 0 Å². The Morgan fingerprint density at radius 2 is 2.14 bits per heavy atom. The van der Waals surface area contributed by atoms with Gasteiger partial charge in [0, 0.05) is 5.69 Å². The molecular weight excluding hydrogens is 173 g/mol. The summed E-state index contributed by atoms with van der Waals surface area (Å²) in [6, 6.07) is 5.76. The number of rotatable bonds is 5. The van der Waals surface area contributed by atoms with Gasteiger partial charge in [-0.3, -0.25) is 0 Å². The molecule has 3 N–H and O–H groups in total. The Morgan fingerprint density at radius 3 is 2.79 bits per heavy atom. The van der Waals surface area contributed by atoms with Crippen LogP contribution in [0.1, 0.15) is 31.7 Å². The number of nitrogens with two attached hydrogens (primary N) is 1. The molecule has 0 unspecified atom stereocenters. The molecule has 0 bridgehead atoms. The van der Waals surface area contributed by atoms with Crippen LogP contribution in [-0.2, 0) is 6.42 Å². The number of hydrogen-bond donors (Lipinski definition) is 2. The second kappa shape index (κ2) is 5.71. The van der Waals surface area contributed by atoms with E-state index < -0.39 is 0 Å². The van der Waals surface area contributed by atoms with Crippen LogP contribution in [0.4, 0.5) is 5.69 Å². The largest absolute Gasteiger partial charge is 0.449 e. The van der Waals surface area contributed by atoms with Gasteiger partial charge in [-0.25, -0.2) is 0 Å². The number of benzene rings is 1. The summed E-state index contributed by atoms with van der Waals surface area (Å²) < 4.78 is 0. The lowest BCUT2D eigenvalue weighted by Crippen LogP contribution is -2.14. The van der Waals surface area contributed by atoms with Crippen molar-refractivity contribution >= 4 is 18.6 Å². The predicted molar refractivity (Wildman–Crippen MR) is 63.1 cm³/mol. The van der Waals surface area contributed by atoms with Gasteiger partial charge < -0.3 is 10.8 Å². The smallest absolute Gasteiger partial charge is 0.304 e. The molecule has 0 aliphatic rings. The highest BCUT2D eigenvalue weighted by Crippen LogP contribution is 2.13. The second-order valence-electron chi connectivity index (χ2n) is 3.65. The van der Waals surface area contributed by atoms with E-state index in [1.165, 1.54) is 24.8 Å². The van der Waals surface area contributed by atoms with Crippen LogP contribution in [0, 0.1) is 0 Å². The maximum atomic E-state index is 8.98. The number of hydrogen-bond acceptors (Lipinski definition) is 2. The quantitative estimate of drug-likeness (QED) is 0.413. The Kier molecular flexibility index (Phi) is 4.53. The molecule has 0 atom stereocenters. The van der Waals surface area contributed by atoms with Gasteiger partial charge in [0.15, 0.2) is 0 Å². The van der Waals surface area contributed by atoms with Crippen LogP contribution in [0.15, 0.2) is 18.2 Å². The first-order chi connectivity index (χ1) is 6.77. The first-order valence-corrected chi connectivity index (χ1v) is 5.26. The molecule has 0 aromatic heterocycles. The van der Waals surface area contributed by atoms with Gasteiger partial charge in [-0.1, -0.05) is 37.4 Å². The van der Waals surface area contributed by atoms with E-state index in [-0.39, 0.29) is 7.48 Å². The van der Waals surface area contributed by atoms with Crippen molar-refractivity contribution in [2.24, 2.45) is 0 Å². The molecule has 0 spiro atoms. The van der Waals surface area contributed by atoms with Crippen LogP contribution in [0.2, 0.25) is 0 Å². The van der Waals surface area contributed by atoms with Gasteiger partial charge in [-0.15, -0.1) is 0 Å². The molecular formula is C11H18BNO. The third-order valence-electron chi connectivity index (χ3n) is 2.44. The van der Waals surface area contributed by atoms with Crippen molar-refractivity contribution in [2.45, 2.75) is 32.6 Å². The number of anilines is 1. The molecule has 0 amide bonds. The fraction of sp³-hybridized carbons (Fsp3) is 0.455. The normalized spacial score (nSPS) is 10.1. The lowest BCUT2D eigenvalue weighted by molar-refractivity contribution is 0.615. The van der Waals surface area contributed by atoms with Gasteiger partial charge in [-0.2, -0.15) is 0 Å². The molecule has 76 valence electrons. The van der Waals surface area contributed by atoms with Crippen molar-refractivity contribution in [3.8, 4) is 0 Å². The molecule has 1 aromatic carbocycles. The summed E-state index contributed by atoms with van der Waals surface area (Å²) in [5.74, 6) is 0. The molecule has 1 rings (SSSR count). The fourth-order valence-electron chi connectivity index (χ4n) is 1.54. The first-order valence-electron chi connectivity index (χ1n) is 5.26. The van der Waals surface area contributed by atoms with Gasteiger partial charge in [0.2, 0.25) is 0 Å². The van der Waals surface area contributed by atoms with Crippen LogP contribution in [0.25, 0.3) is 0 Å². The van der Waals surface area contributed by atoms with Crippen molar-refractivity contribution in [1.82, 2.24) is 0 Å². The lowest BCUT2D eigenvalue weighted by atomic mass is 9.86. The Hall–Kier alpha value is -0.955. The summed E-state index contributed by atoms with van der Waals surface area (Å²) in [5, 5.41) is 8.98. The highest BCUT2D eigenvalue weighted by atomic mass is 16.2. The van der Waals surface area contributed by atoms with Crippen LogP contribution >= 0.6 is 0 Å². The van der Waals surface area contributed by atoms with E-state index in [0.29, 0.717) is 0 Å². The first kappa shape index (κ1) is 11.1. The monoisotopic (exact) mass is 191 g/mol. The van der Waals surface area contributed by atoms with E-state index in [4.69, 9.17) is 10.8 Å². The Balaban J connectivity index is 2.64. The van der Waals surface area contributed by atoms with Crippen LogP contribution in [0.3, 0.4) is 0 Å². The molecule has 1 aromatic rings. The van der Waals surface area contributed by atoms with Gasteiger partial charge in [-0.05, 0) is 24.5 Å². The Morgan fingerprint density at radius 1 is 1.36 bits per heavy atom. The van der Waals surface area contributed by atoms with Crippen molar-refractivity contribution in [3.05, 3.63) is 23.8 Å². The van der Waals surface area contributed by atoms with Crippen LogP contribution in [-0.4, -0.2) is 12.5 Å². The van der Waals surface area contributed by atoms with Crippen molar-refractivity contribution in [1.29, 1.82) is 0 Å². The molecule has 0 saturated heterocycles.